The van der Waals surface area contributed by atoms with Gasteiger partial charge < -0.3 is 10.8 Å². The number of aromatic nitrogens is 2. The summed E-state index contributed by atoms with van der Waals surface area (Å²) in [4.78, 5) is 11.1. The van der Waals surface area contributed by atoms with Gasteiger partial charge in [-0.05, 0) is 31.7 Å². The first-order valence-corrected chi connectivity index (χ1v) is 4.29. The van der Waals surface area contributed by atoms with Crippen molar-refractivity contribution in [2.24, 2.45) is 11.7 Å². The second-order valence-corrected chi connectivity index (χ2v) is 3.38. The van der Waals surface area contributed by atoms with E-state index in [0.717, 1.165) is 30.5 Å². The lowest BCUT2D eigenvalue weighted by Gasteiger charge is -2.18. The fraction of sp³-hybridized carbons (Fsp3) is 0.625. The third kappa shape index (κ3) is 1.08. The third-order valence-electron chi connectivity index (χ3n) is 2.59. The van der Waals surface area contributed by atoms with Gasteiger partial charge >= 0.3 is 0 Å². The number of hydrogen-bond donors (Lipinski definition) is 3. The van der Waals surface area contributed by atoms with Crippen molar-refractivity contribution in [3.8, 4) is 0 Å². The Bertz CT molecular complexity index is 325. The molecule has 4 N–H and O–H groups in total. The fourth-order valence-corrected chi connectivity index (χ4v) is 1.80. The van der Waals surface area contributed by atoms with Gasteiger partial charge in [-0.25, -0.2) is 0 Å². The molecule has 0 saturated heterocycles. The van der Waals surface area contributed by atoms with E-state index in [1.807, 2.05) is 0 Å². The van der Waals surface area contributed by atoms with Gasteiger partial charge in [0, 0.05) is 11.3 Å². The number of hydrogen-bond acceptors (Lipinski definition) is 2. The molecule has 1 heterocycles. The molecule has 1 aromatic rings. The zero-order valence-electron chi connectivity index (χ0n) is 6.89. The predicted octanol–water partition coefficient (Wildman–Crippen LogP) is -0.233. The van der Waals surface area contributed by atoms with Gasteiger partial charge in [0.1, 0.15) is 0 Å². The molecule has 0 bridgehead atoms. The number of nitrogens with one attached hydrogen (secondary N) is 2. The van der Waals surface area contributed by atoms with E-state index in [0.29, 0.717) is 12.5 Å². The molecule has 1 aliphatic carbocycles. The minimum Gasteiger partial charge on any atom is -0.330 e. The second kappa shape index (κ2) is 2.79. The molecule has 0 amide bonds. The van der Waals surface area contributed by atoms with Crippen molar-refractivity contribution < 1.29 is 0 Å². The van der Waals surface area contributed by atoms with Gasteiger partial charge in [0.15, 0.2) is 0 Å². The summed E-state index contributed by atoms with van der Waals surface area (Å²) in [5.41, 5.74) is 7.59. The van der Waals surface area contributed by atoms with E-state index in [-0.39, 0.29) is 5.56 Å². The normalized spacial score (nSPS) is 22.2. The highest BCUT2D eigenvalue weighted by atomic mass is 16.1. The minimum absolute atomic E-state index is 0.0421. The average Bonchev–Trinajstić information content (AvgIpc) is 2.47. The number of fused-ring (bicyclic) bond motifs is 1. The van der Waals surface area contributed by atoms with Crippen LogP contribution in [-0.4, -0.2) is 16.7 Å². The standard InChI is InChI=1S/C8H13N3O/c9-4-5-1-2-6-7(3-5)10-11-8(6)12/h5H,1-4,9H2,(H2,10,11,12). The molecule has 1 aliphatic rings. The van der Waals surface area contributed by atoms with Crippen molar-refractivity contribution in [1.82, 2.24) is 10.2 Å². The van der Waals surface area contributed by atoms with Gasteiger partial charge in [0.2, 0.25) is 0 Å². The van der Waals surface area contributed by atoms with Crippen LogP contribution in [0.25, 0.3) is 0 Å². The summed E-state index contributed by atoms with van der Waals surface area (Å²) < 4.78 is 0. The van der Waals surface area contributed by atoms with E-state index in [2.05, 4.69) is 10.2 Å². The SMILES string of the molecule is NCC1CCc2c([nH][nH]c2=O)C1. The van der Waals surface area contributed by atoms with E-state index in [1.165, 1.54) is 0 Å². The van der Waals surface area contributed by atoms with Crippen LogP contribution in [0, 0.1) is 5.92 Å². The van der Waals surface area contributed by atoms with Crippen LogP contribution in [0.15, 0.2) is 4.79 Å². The Labute approximate surface area is 70.1 Å². The summed E-state index contributed by atoms with van der Waals surface area (Å²) >= 11 is 0. The van der Waals surface area contributed by atoms with Crippen LogP contribution >= 0.6 is 0 Å². The first-order chi connectivity index (χ1) is 5.81. The maximum atomic E-state index is 11.1. The van der Waals surface area contributed by atoms with E-state index < -0.39 is 0 Å². The highest BCUT2D eigenvalue weighted by Gasteiger charge is 2.20. The van der Waals surface area contributed by atoms with Gasteiger partial charge in [-0.2, -0.15) is 0 Å². The zero-order valence-corrected chi connectivity index (χ0v) is 6.89. The predicted molar refractivity (Wildman–Crippen MR) is 46.0 cm³/mol. The van der Waals surface area contributed by atoms with Gasteiger partial charge in [-0.3, -0.25) is 9.89 Å². The smallest absolute Gasteiger partial charge is 0.267 e. The lowest BCUT2D eigenvalue weighted by atomic mass is 9.88. The Kier molecular flexibility index (Phi) is 1.77. The summed E-state index contributed by atoms with van der Waals surface area (Å²) in [7, 11) is 0. The van der Waals surface area contributed by atoms with E-state index in [1.54, 1.807) is 0 Å². The number of aromatic amines is 2. The van der Waals surface area contributed by atoms with Crippen LogP contribution in [0.4, 0.5) is 0 Å². The monoisotopic (exact) mass is 167 g/mol. The molecule has 4 heteroatoms. The van der Waals surface area contributed by atoms with Crippen molar-refractivity contribution in [3.63, 3.8) is 0 Å². The molecule has 1 atom stereocenters. The summed E-state index contributed by atoms with van der Waals surface area (Å²) in [6.07, 6.45) is 2.84. The first kappa shape index (κ1) is 7.61. The van der Waals surface area contributed by atoms with Crippen molar-refractivity contribution in [1.29, 1.82) is 0 Å². The number of H-pyrrole nitrogens is 2. The highest BCUT2D eigenvalue weighted by molar-refractivity contribution is 5.20. The largest absolute Gasteiger partial charge is 0.330 e. The molecule has 0 fully saturated rings. The Hall–Kier alpha value is -1.03. The molecule has 66 valence electrons. The van der Waals surface area contributed by atoms with Gasteiger partial charge in [0.05, 0.1) is 0 Å². The molecule has 0 saturated carbocycles. The quantitative estimate of drug-likeness (QED) is 0.540. The van der Waals surface area contributed by atoms with Crippen LogP contribution < -0.4 is 11.3 Å². The molecular weight excluding hydrogens is 154 g/mol. The van der Waals surface area contributed by atoms with Gasteiger partial charge in [0.25, 0.3) is 5.56 Å². The maximum absolute atomic E-state index is 11.1. The molecule has 0 aromatic carbocycles. The summed E-state index contributed by atoms with van der Waals surface area (Å²) in [6.45, 7) is 0.715. The molecule has 1 aromatic heterocycles. The Balaban J connectivity index is 2.30. The molecule has 0 radical (unpaired) electrons. The minimum atomic E-state index is 0.0421. The van der Waals surface area contributed by atoms with Crippen molar-refractivity contribution in [2.45, 2.75) is 19.3 Å². The molecule has 1 unspecified atom stereocenters. The van der Waals surface area contributed by atoms with E-state index >= 15 is 0 Å². The van der Waals surface area contributed by atoms with Crippen LogP contribution in [0.1, 0.15) is 17.7 Å². The average molecular weight is 167 g/mol. The fourth-order valence-electron chi connectivity index (χ4n) is 1.80. The van der Waals surface area contributed by atoms with Crippen molar-refractivity contribution in [3.05, 3.63) is 21.6 Å². The van der Waals surface area contributed by atoms with Gasteiger partial charge in [-0.15, -0.1) is 0 Å². The van der Waals surface area contributed by atoms with Crippen LogP contribution in [0.5, 0.6) is 0 Å². The van der Waals surface area contributed by atoms with E-state index in [9.17, 15) is 4.79 Å². The molecule has 0 spiro atoms. The van der Waals surface area contributed by atoms with Crippen molar-refractivity contribution in [2.75, 3.05) is 6.54 Å². The Morgan fingerprint density at radius 2 is 2.33 bits per heavy atom. The van der Waals surface area contributed by atoms with Crippen LogP contribution in [0.2, 0.25) is 0 Å². The Morgan fingerprint density at radius 1 is 1.50 bits per heavy atom. The highest BCUT2D eigenvalue weighted by Crippen LogP contribution is 2.20. The summed E-state index contributed by atoms with van der Waals surface area (Å²) in [5.74, 6) is 0.545. The molecule has 4 nitrogen and oxygen atoms in total. The van der Waals surface area contributed by atoms with Crippen LogP contribution in [-0.2, 0) is 12.8 Å². The number of rotatable bonds is 1. The molecule has 12 heavy (non-hydrogen) atoms. The van der Waals surface area contributed by atoms with Gasteiger partial charge in [-0.1, -0.05) is 0 Å². The van der Waals surface area contributed by atoms with Crippen molar-refractivity contribution >= 4 is 0 Å². The molecular formula is C8H13N3O. The molecule has 2 rings (SSSR count). The lowest BCUT2D eigenvalue weighted by molar-refractivity contribution is 0.463. The lowest BCUT2D eigenvalue weighted by Crippen LogP contribution is -2.23. The van der Waals surface area contributed by atoms with E-state index in [4.69, 9.17) is 5.73 Å². The second-order valence-electron chi connectivity index (χ2n) is 3.38. The Morgan fingerprint density at radius 3 is 3.08 bits per heavy atom. The number of nitrogens with two attached hydrogens (primary N) is 1. The maximum Gasteiger partial charge on any atom is 0.267 e. The van der Waals surface area contributed by atoms with Crippen LogP contribution in [0.3, 0.4) is 0 Å². The topological polar surface area (TPSA) is 74.7 Å². The molecule has 0 aliphatic heterocycles. The summed E-state index contributed by atoms with van der Waals surface area (Å²) in [6, 6.07) is 0. The summed E-state index contributed by atoms with van der Waals surface area (Å²) in [5, 5.41) is 5.50. The third-order valence-corrected chi connectivity index (χ3v) is 2.59. The first-order valence-electron chi connectivity index (χ1n) is 4.29. The zero-order chi connectivity index (χ0) is 8.55.